The van der Waals surface area contributed by atoms with E-state index in [9.17, 15) is 4.79 Å². The van der Waals surface area contributed by atoms with Gasteiger partial charge in [0.1, 0.15) is 6.42 Å². The number of halogens is 2. The Balaban J connectivity index is 2.55. The summed E-state index contributed by atoms with van der Waals surface area (Å²) in [5.41, 5.74) is 0.923. The fraction of sp³-hybridized carbons (Fsp3) is 0.200. The largest absolute Gasteiger partial charge is 0.351 e. The lowest BCUT2D eigenvalue weighted by atomic mass is 10.2. The molecule has 0 heterocycles. The van der Waals surface area contributed by atoms with Gasteiger partial charge in [0, 0.05) is 10.1 Å². The number of hydrogen-bond acceptors (Lipinski definition) is 2. The van der Waals surface area contributed by atoms with Crippen LogP contribution in [0.4, 0.5) is 0 Å². The van der Waals surface area contributed by atoms with Gasteiger partial charge in [-0.3, -0.25) is 4.79 Å². The summed E-state index contributed by atoms with van der Waals surface area (Å²) in [7, 11) is 0. The van der Waals surface area contributed by atoms with E-state index in [1.54, 1.807) is 12.1 Å². The van der Waals surface area contributed by atoms with Crippen LogP contribution in [0.3, 0.4) is 0 Å². The third-order valence-electron chi connectivity index (χ3n) is 1.71. The molecular weight excluding hydrogens is 326 g/mol. The van der Waals surface area contributed by atoms with E-state index in [4.69, 9.17) is 16.9 Å². The van der Waals surface area contributed by atoms with Crippen LogP contribution in [0.5, 0.6) is 0 Å². The van der Waals surface area contributed by atoms with Crippen LogP contribution in [0.25, 0.3) is 0 Å². The van der Waals surface area contributed by atoms with Gasteiger partial charge in [0.25, 0.3) is 0 Å². The first-order valence-electron chi connectivity index (χ1n) is 4.21. The van der Waals surface area contributed by atoms with Gasteiger partial charge in [-0.1, -0.05) is 17.7 Å². The number of benzene rings is 1. The third-order valence-corrected chi connectivity index (χ3v) is 3.29. The van der Waals surface area contributed by atoms with Crippen molar-refractivity contribution in [3.63, 3.8) is 0 Å². The van der Waals surface area contributed by atoms with Gasteiger partial charge >= 0.3 is 0 Å². The average Bonchev–Trinajstić information content (AvgIpc) is 2.20. The van der Waals surface area contributed by atoms with Crippen LogP contribution in [-0.2, 0) is 11.3 Å². The lowest BCUT2D eigenvalue weighted by molar-refractivity contribution is -0.120. The standard InChI is InChI=1S/C10H8ClIN2O/c11-8-5-7(1-2-9(8)12)6-14-10(15)3-4-13/h1-2,5H,3,6H2,(H,14,15). The first kappa shape index (κ1) is 12.3. The van der Waals surface area contributed by atoms with Gasteiger partial charge in [0.05, 0.1) is 11.1 Å². The molecule has 0 unspecified atom stereocenters. The molecule has 1 rings (SSSR count). The summed E-state index contributed by atoms with van der Waals surface area (Å²) >= 11 is 8.05. The van der Waals surface area contributed by atoms with Crippen LogP contribution in [0.15, 0.2) is 18.2 Å². The van der Waals surface area contributed by atoms with Crippen LogP contribution < -0.4 is 5.32 Å². The smallest absolute Gasteiger partial charge is 0.234 e. The molecule has 0 fully saturated rings. The van der Waals surface area contributed by atoms with Crippen molar-refractivity contribution in [2.75, 3.05) is 0 Å². The van der Waals surface area contributed by atoms with E-state index in [0.29, 0.717) is 11.6 Å². The summed E-state index contributed by atoms with van der Waals surface area (Å²) in [4.78, 5) is 11.0. The molecule has 5 heteroatoms. The van der Waals surface area contributed by atoms with E-state index >= 15 is 0 Å². The summed E-state index contributed by atoms with van der Waals surface area (Å²) in [6, 6.07) is 7.36. The zero-order valence-electron chi connectivity index (χ0n) is 7.76. The number of amides is 1. The Labute approximate surface area is 107 Å². The summed E-state index contributed by atoms with van der Waals surface area (Å²) < 4.78 is 0.973. The summed E-state index contributed by atoms with van der Waals surface area (Å²) in [6.45, 7) is 0.400. The van der Waals surface area contributed by atoms with Crippen molar-refractivity contribution in [1.82, 2.24) is 5.32 Å². The maximum absolute atomic E-state index is 11.0. The number of hydrogen-bond donors (Lipinski definition) is 1. The van der Waals surface area contributed by atoms with Crippen LogP contribution >= 0.6 is 34.2 Å². The first-order valence-corrected chi connectivity index (χ1v) is 5.66. The monoisotopic (exact) mass is 334 g/mol. The minimum absolute atomic E-state index is 0.113. The third kappa shape index (κ3) is 4.06. The van der Waals surface area contributed by atoms with E-state index in [1.807, 2.05) is 12.1 Å². The Morgan fingerprint density at radius 3 is 2.93 bits per heavy atom. The Bertz CT molecular complexity index is 414. The molecule has 0 aliphatic rings. The van der Waals surface area contributed by atoms with Crippen molar-refractivity contribution in [1.29, 1.82) is 5.26 Å². The molecule has 0 aromatic heterocycles. The van der Waals surface area contributed by atoms with Gasteiger partial charge in [-0.05, 0) is 40.3 Å². The normalized spacial score (nSPS) is 9.40. The second kappa shape index (κ2) is 5.93. The molecule has 0 aliphatic carbocycles. The van der Waals surface area contributed by atoms with Crippen molar-refractivity contribution in [2.24, 2.45) is 0 Å². The first-order chi connectivity index (χ1) is 7.13. The van der Waals surface area contributed by atoms with E-state index in [0.717, 1.165) is 9.13 Å². The van der Waals surface area contributed by atoms with E-state index in [1.165, 1.54) is 0 Å². The van der Waals surface area contributed by atoms with Crippen molar-refractivity contribution in [3.05, 3.63) is 32.4 Å². The van der Waals surface area contributed by atoms with E-state index < -0.39 is 0 Å². The second-order valence-corrected chi connectivity index (χ2v) is 4.43. The van der Waals surface area contributed by atoms with E-state index in [-0.39, 0.29) is 12.3 Å². The topological polar surface area (TPSA) is 52.9 Å². The number of nitriles is 1. The highest BCUT2D eigenvalue weighted by Gasteiger charge is 2.02. The Morgan fingerprint density at radius 1 is 1.60 bits per heavy atom. The van der Waals surface area contributed by atoms with Gasteiger partial charge < -0.3 is 5.32 Å². The minimum atomic E-state index is -0.271. The molecule has 0 aliphatic heterocycles. The minimum Gasteiger partial charge on any atom is -0.351 e. The molecule has 1 N–H and O–H groups in total. The SMILES string of the molecule is N#CCC(=O)NCc1ccc(I)c(Cl)c1. The van der Waals surface area contributed by atoms with Crippen LogP contribution in [0.1, 0.15) is 12.0 Å². The number of carbonyl (C=O) groups excluding carboxylic acids is 1. The second-order valence-electron chi connectivity index (χ2n) is 2.86. The predicted octanol–water partition coefficient (Wildman–Crippen LogP) is 2.47. The molecule has 0 radical (unpaired) electrons. The molecule has 0 atom stereocenters. The van der Waals surface area contributed by atoms with Crippen LogP contribution in [-0.4, -0.2) is 5.91 Å². The summed E-state index contributed by atoms with van der Waals surface area (Å²) in [6.07, 6.45) is -0.113. The molecule has 3 nitrogen and oxygen atoms in total. The fourth-order valence-corrected chi connectivity index (χ4v) is 1.52. The van der Waals surface area contributed by atoms with Gasteiger partial charge in [-0.25, -0.2) is 0 Å². The maximum atomic E-state index is 11.0. The average molecular weight is 335 g/mol. The molecule has 0 saturated carbocycles. The van der Waals surface area contributed by atoms with Crippen molar-refractivity contribution in [2.45, 2.75) is 13.0 Å². The van der Waals surface area contributed by atoms with Crippen molar-refractivity contribution >= 4 is 40.1 Å². The Morgan fingerprint density at radius 2 is 2.33 bits per heavy atom. The number of nitrogens with zero attached hydrogens (tertiary/aromatic N) is 1. The maximum Gasteiger partial charge on any atom is 0.234 e. The van der Waals surface area contributed by atoms with Gasteiger partial charge in [0.15, 0.2) is 0 Å². The number of rotatable bonds is 3. The number of nitrogens with one attached hydrogen (secondary N) is 1. The molecule has 0 saturated heterocycles. The highest BCUT2D eigenvalue weighted by molar-refractivity contribution is 14.1. The Kier molecular flexibility index (Phi) is 4.85. The molecule has 1 aromatic carbocycles. The van der Waals surface area contributed by atoms with Gasteiger partial charge in [0.2, 0.25) is 5.91 Å². The molecule has 15 heavy (non-hydrogen) atoms. The molecule has 1 amide bonds. The van der Waals surface area contributed by atoms with Gasteiger partial charge in [-0.15, -0.1) is 0 Å². The molecule has 0 spiro atoms. The number of carbonyl (C=O) groups is 1. The van der Waals surface area contributed by atoms with Crippen molar-refractivity contribution < 1.29 is 4.79 Å². The lowest BCUT2D eigenvalue weighted by Crippen LogP contribution is -2.21. The lowest BCUT2D eigenvalue weighted by Gasteiger charge is -2.04. The molecule has 1 aromatic rings. The fourth-order valence-electron chi connectivity index (χ4n) is 0.985. The summed E-state index contributed by atoms with van der Waals surface area (Å²) in [5, 5.41) is 11.6. The highest BCUT2D eigenvalue weighted by Crippen LogP contribution is 2.19. The van der Waals surface area contributed by atoms with Gasteiger partial charge in [-0.2, -0.15) is 5.26 Å². The molecular formula is C10H8ClIN2O. The highest BCUT2D eigenvalue weighted by atomic mass is 127. The van der Waals surface area contributed by atoms with Crippen molar-refractivity contribution in [3.8, 4) is 6.07 Å². The van der Waals surface area contributed by atoms with E-state index in [2.05, 4.69) is 27.9 Å². The van der Waals surface area contributed by atoms with Crippen LogP contribution in [0.2, 0.25) is 5.02 Å². The van der Waals surface area contributed by atoms with Crippen LogP contribution in [0, 0.1) is 14.9 Å². The zero-order chi connectivity index (χ0) is 11.3. The molecule has 78 valence electrons. The predicted molar refractivity (Wildman–Crippen MR) is 66.2 cm³/mol. The summed E-state index contributed by atoms with van der Waals surface area (Å²) in [5.74, 6) is -0.271. The zero-order valence-corrected chi connectivity index (χ0v) is 10.7. The quantitative estimate of drug-likeness (QED) is 0.864. The molecule has 0 bridgehead atoms. The Hall–Kier alpha value is -0.800.